The van der Waals surface area contributed by atoms with Crippen LogP contribution in [0.1, 0.15) is 24.2 Å². The normalized spacial score (nSPS) is 10.2. The maximum absolute atomic E-state index is 12.6. The molecule has 0 saturated carbocycles. The number of benzene rings is 1. The van der Waals surface area contributed by atoms with Crippen molar-refractivity contribution in [1.29, 1.82) is 0 Å². The molecule has 110 valence electrons. The molecule has 1 aromatic rings. The van der Waals surface area contributed by atoms with Crippen LogP contribution in [0.25, 0.3) is 0 Å². The van der Waals surface area contributed by atoms with Gasteiger partial charge in [0.25, 0.3) is 5.91 Å². The molecule has 0 aliphatic rings. The van der Waals surface area contributed by atoms with Gasteiger partial charge in [-0.25, -0.2) is 0 Å². The monoisotopic (exact) mass is 280 g/mol. The third-order valence-corrected chi connectivity index (χ3v) is 2.87. The predicted molar refractivity (Wildman–Crippen MR) is 75.6 cm³/mol. The fraction of sp³-hybridized carbons (Fsp3) is 0.429. The SMILES string of the molecule is COC(=O)CN(C(=O)c1cc(N)ccc1OC)C(C)C. The van der Waals surface area contributed by atoms with Crippen molar-refractivity contribution in [1.82, 2.24) is 4.90 Å². The first-order chi connectivity index (χ1) is 9.40. The summed E-state index contributed by atoms with van der Waals surface area (Å²) in [6.45, 7) is 3.52. The maximum atomic E-state index is 12.6. The highest BCUT2D eigenvalue weighted by Crippen LogP contribution is 2.23. The molecule has 0 aliphatic carbocycles. The van der Waals surface area contributed by atoms with Gasteiger partial charge in [0.15, 0.2) is 0 Å². The number of methoxy groups -OCH3 is 2. The first-order valence-electron chi connectivity index (χ1n) is 6.22. The molecule has 0 radical (unpaired) electrons. The van der Waals surface area contributed by atoms with Gasteiger partial charge in [0.2, 0.25) is 0 Å². The zero-order valence-electron chi connectivity index (χ0n) is 12.2. The number of carbonyl (C=O) groups excluding carboxylic acids is 2. The number of hydrogen-bond acceptors (Lipinski definition) is 5. The van der Waals surface area contributed by atoms with E-state index in [-0.39, 0.29) is 18.5 Å². The molecule has 0 aromatic heterocycles. The average Bonchev–Trinajstić information content (AvgIpc) is 2.43. The molecular weight excluding hydrogens is 260 g/mol. The van der Waals surface area contributed by atoms with Gasteiger partial charge in [0.1, 0.15) is 12.3 Å². The zero-order valence-corrected chi connectivity index (χ0v) is 12.2. The minimum atomic E-state index is -0.477. The second-order valence-corrected chi connectivity index (χ2v) is 4.56. The van der Waals surface area contributed by atoms with Gasteiger partial charge in [-0.1, -0.05) is 0 Å². The minimum absolute atomic E-state index is 0.120. The third-order valence-electron chi connectivity index (χ3n) is 2.87. The molecule has 1 rings (SSSR count). The van der Waals surface area contributed by atoms with Crippen LogP contribution in [0.5, 0.6) is 5.75 Å². The number of ether oxygens (including phenoxy) is 2. The van der Waals surface area contributed by atoms with E-state index < -0.39 is 5.97 Å². The molecule has 0 bridgehead atoms. The standard InChI is InChI=1S/C14H20N2O4/c1-9(2)16(8-13(17)20-4)14(18)11-7-10(15)5-6-12(11)19-3/h5-7,9H,8,15H2,1-4H3. The van der Waals surface area contributed by atoms with Gasteiger partial charge in [-0.05, 0) is 32.0 Å². The molecule has 1 amide bonds. The Balaban J connectivity index is 3.12. The molecule has 20 heavy (non-hydrogen) atoms. The van der Waals surface area contributed by atoms with Gasteiger partial charge in [0.05, 0.1) is 19.8 Å². The van der Waals surface area contributed by atoms with Crippen LogP contribution >= 0.6 is 0 Å². The average molecular weight is 280 g/mol. The van der Waals surface area contributed by atoms with Crippen LogP contribution in [0.4, 0.5) is 5.69 Å². The topological polar surface area (TPSA) is 81.9 Å². The van der Waals surface area contributed by atoms with Crippen LogP contribution in [-0.4, -0.2) is 43.6 Å². The number of esters is 1. The third kappa shape index (κ3) is 3.63. The van der Waals surface area contributed by atoms with Crippen molar-refractivity contribution in [2.75, 3.05) is 26.5 Å². The van der Waals surface area contributed by atoms with Gasteiger partial charge >= 0.3 is 5.97 Å². The largest absolute Gasteiger partial charge is 0.496 e. The van der Waals surface area contributed by atoms with Crippen molar-refractivity contribution in [2.24, 2.45) is 0 Å². The molecule has 6 heteroatoms. The lowest BCUT2D eigenvalue weighted by atomic mass is 10.1. The first-order valence-corrected chi connectivity index (χ1v) is 6.22. The summed E-state index contributed by atoms with van der Waals surface area (Å²) >= 11 is 0. The lowest BCUT2D eigenvalue weighted by Gasteiger charge is -2.26. The van der Waals surface area contributed by atoms with Crippen molar-refractivity contribution in [3.05, 3.63) is 23.8 Å². The number of anilines is 1. The minimum Gasteiger partial charge on any atom is -0.496 e. The van der Waals surface area contributed by atoms with Crippen molar-refractivity contribution in [2.45, 2.75) is 19.9 Å². The van der Waals surface area contributed by atoms with E-state index in [0.29, 0.717) is 17.0 Å². The Morgan fingerprint density at radius 3 is 2.45 bits per heavy atom. The van der Waals surface area contributed by atoms with Crippen LogP contribution in [-0.2, 0) is 9.53 Å². The van der Waals surface area contributed by atoms with Gasteiger partial charge < -0.3 is 20.1 Å². The second kappa shape index (κ2) is 6.79. The number of nitrogen functional groups attached to an aromatic ring is 1. The van der Waals surface area contributed by atoms with E-state index in [1.807, 2.05) is 13.8 Å². The highest BCUT2D eigenvalue weighted by molar-refractivity contribution is 5.99. The number of carbonyl (C=O) groups is 2. The summed E-state index contributed by atoms with van der Waals surface area (Å²) in [5, 5.41) is 0. The van der Waals surface area contributed by atoms with Crippen LogP contribution in [0.3, 0.4) is 0 Å². The number of amides is 1. The Morgan fingerprint density at radius 2 is 1.95 bits per heavy atom. The summed E-state index contributed by atoms with van der Waals surface area (Å²) in [7, 11) is 2.76. The summed E-state index contributed by atoms with van der Waals surface area (Å²) in [4.78, 5) is 25.4. The van der Waals surface area contributed by atoms with Crippen LogP contribution in [0, 0.1) is 0 Å². The quantitative estimate of drug-likeness (QED) is 0.649. The summed E-state index contributed by atoms with van der Waals surface area (Å²) in [5.74, 6) is -0.385. The van der Waals surface area contributed by atoms with E-state index in [9.17, 15) is 9.59 Å². The van der Waals surface area contributed by atoms with E-state index in [4.69, 9.17) is 10.5 Å². The Morgan fingerprint density at radius 1 is 1.30 bits per heavy atom. The van der Waals surface area contributed by atoms with E-state index in [1.165, 1.54) is 25.2 Å². The lowest BCUT2D eigenvalue weighted by Crippen LogP contribution is -2.41. The molecule has 2 N–H and O–H groups in total. The summed E-state index contributed by atoms with van der Waals surface area (Å²) in [6.07, 6.45) is 0. The van der Waals surface area contributed by atoms with Crippen LogP contribution < -0.4 is 10.5 Å². The van der Waals surface area contributed by atoms with E-state index in [1.54, 1.807) is 12.1 Å². The Hall–Kier alpha value is -2.24. The van der Waals surface area contributed by atoms with Crippen molar-refractivity contribution >= 4 is 17.6 Å². The van der Waals surface area contributed by atoms with Crippen molar-refractivity contribution in [3.63, 3.8) is 0 Å². The number of hydrogen-bond donors (Lipinski definition) is 1. The fourth-order valence-corrected chi connectivity index (χ4v) is 1.74. The highest BCUT2D eigenvalue weighted by Gasteiger charge is 2.24. The maximum Gasteiger partial charge on any atom is 0.325 e. The van der Waals surface area contributed by atoms with Crippen molar-refractivity contribution < 1.29 is 19.1 Å². The molecule has 0 aliphatic heterocycles. The lowest BCUT2D eigenvalue weighted by molar-refractivity contribution is -0.141. The van der Waals surface area contributed by atoms with Gasteiger partial charge in [0, 0.05) is 11.7 Å². The molecule has 0 spiro atoms. The molecule has 0 unspecified atom stereocenters. The molecular formula is C14H20N2O4. The second-order valence-electron chi connectivity index (χ2n) is 4.56. The predicted octanol–water partition coefficient (Wildman–Crippen LogP) is 1.30. The molecule has 0 atom stereocenters. The molecule has 0 saturated heterocycles. The highest BCUT2D eigenvalue weighted by atomic mass is 16.5. The van der Waals surface area contributed by atoms with E-state index >= 15 is 0 Å². The summed E-state index contributed by atoms with van der Waals surface area (Å²) < 4.78 is 9.77. The van der Waals surface area contributed by atoms with Gasteiger partial charge in [-0.3, -0.25) is 9.59 Å². The first kappa shape index (κ1) is 15.8. The van der Waals surface area contributed by atoms with Crippen LogP contribution in [0.2, 0.25) is 0 Å². The number of rotatable bonds is 5. The summed E-state index contributed by atoms with van der Waals surface area (Å²) in [6, 6.07) is 4.65. The zero-order chi connectivity index (χ0) is 15.3. The Bertz CT molecular complexity index is 500. The van der Waals surface area contributed by atoms with E-state index in [0.717, 1.165) is 0 Å². The van der Waals surface area contributed by atoms with E-state index in [2.05, 4.69) is 4.74 Å². The van der Waals surface area contributed by atoms with Crippen molar-refractivity contribution in [3.8, 4) is 5.75 Å². The Kier molecular flexibility index (Phi) is 5.37. The van der Waals surface area contributed by atoms with Gasteiger partial charge in [-0.2, -0.15) is 0 Å². The van der Waals surface area contributed by atoms with Gasteiger partial charge in [-0.15, -0.1) is 0 Å². The Labute approximate surface area is 118 Å². The van der Waals surface area contributed by atoms with Crippen LogP contribution in [0.15, 0.2) is 18.2 Å². The number of nitrogens with two attached hydrogens (primary N) is 1. The molecule has 6 nitrogen and oxygen atoms in total. The molecule has 1 aromatic carbocycles. The molecule has 0 fully saturated rings. The smallest absolute Gasteiger partial charge is 0.325 e. The fourth-order valence-electron chi connectivity index (χ4n) is 1.74. The number of nitrogens with zero attached hydrogens (tertiary/aromatic N) is 1. The summed E-state index contributed by atoms with van der Waals surface area (Å²) in [5.41, 5.74) is 6.48. The molecule has 0 heterocycles.